The molecule has 0 saturated carbocycles. The van der Waals surface area contributed by atoms with Crippen molar-refractivity contribution < 1.29 is 0 Å². The first-order valence-electron chi connectivity index (χ1n) is 6.87. The molecular formula is C20H17N. The highest BCUT2D eigenvalue weighted by Crippen LogP contribution is 2.18. The Kier molecular flexibility index (Phi) is 5.32. The summed E-state index contributed by atoms with van der Waals surface area (Å²) in [6.45, 7) is 2.08. The minimum atomic E-state index is 0.699. The van der Waals surface area contributed by atoms with Crippen LogP contribution in [0.3, 0.4) is 0 Å². The van der Waals surface area contributed by atoms with E-state index in [1.807, 2.05) is 60.7 Å². The van der Waals surface area contributed by atoms with E-state index in [4.69, 9.17) is 5.26 Å². The van der Waals surface area contributed by atoms with E-state index in [0.717, 1.165) is 5.56 Å². The average molecular weight is 271 g/mol. The van der Waals surface area contributed by atoms with Crippen molar-refractivity contribution in [3.8, 4) is 17.2 Å². The van der Waals surface area contributed by atoms with Crippen molar-refractivity contribution in [1.82, 2.24) is 0 Å². The summed E-state index contributed by atoms with van der Waals surface area (Å²) in [6.07, 6.45) is 0. The fourth-order valence-electron chi connectivity index (χ4n) is 1.90. The van der Waals surface area contributed by atoms with Crippen LogP contribution in [0.2, 0.25) is 0 Å². The molecule has 1 nitrogen and oxygen atoms in total. The molecule has 0 amide bonds. The summed E-state index contributed by atoms with van der Waals surface area (Å²) in [4.78, 5) is 0. The Balaban J connectivity index is 0.000000194. The summed E-state index contributed by atoms with van der Waals surface area (Å²) in [5.41, 5.74) is 4.34. The summed E-state index contributed by atoms with van der Waals surface area (Å²) < 4.78 is 0. The number of hydrogen-bond donors (Lipinski definition) is 0. The molecule has 102 valence electrons. The largest absolute Gasteiger partial charge is 0.192 e. The third kappa shape index (κ3) is 4.63. The monoisotopic (exact) mass is 271 g/mol. The molecule has 0 aromatic heterocycles. The SMILES string of the molecule is Cc1ccccc1.N#Cc1ccc(-c2ccccc2)cc1. The number of hydrogen-bond acceptors (Lipinski definition) is 1. The van der Waals surface area contributed by atoms with Crippen molar-refractivity contribution in [3.05, 3.63) is 96.1 Å². The quantitative estimate of drug-likeness (QED) is 0.595. The van der Waals surface area contributed by atoms with Gasteiger partial charge in [0.05, 0.1) is 11.6 Å². The Bertz CT molecular complexity index is 692. The second-order valence-electron chi connectivity index (χ2n) is 4.71. The molecule has 0 fully saturated rings. The molecule has 0 N–H and O–H groups in total. The van der Waals surface area contributed by atoms with Crippen LogP contribution in [0.5, 0.6) is 0 Å². The Labute approximate surface area is 126 Å². The van der Waals surface area contributed by atoms with Crippen LogP contribution in [0.15, 0.2) is 84.9 Å². The fraction of sp³-hybridized carbons (Fsp3) is 0.0500. The molecule has 0 heterocycles. The van der Waals surface area contributed by atoms with Gasteiger partial charge in [-0.25, -0.2) is 0 Å². The summed E-state index contributed by atoms with van der Waals surface area (Å²) in [5, 5.41) is 8.65. The molecule has 0 aliphatic heterocycles. The highest BCUT2D eigenvalue weighted by Gasteiger charge is 1.95. The standard InChI is InChI=1S/C13H9N.C7H8/c14-10-11-6-8-13(9-7-11)12-4-2-1-3-5-12;1-7-5-3-2-4-6-7/h1-9H;2-6H,1H3. The molecule has 3 rings (SSSR count). The van der Waals surface area contributed by atoms with Crippen LogP contribution < -0.4 is 0 Å². The zero-order valence-corrected chi connectivity index (χ0v) is 12.0. The normalized spacial score (nSPS) is 9.14. The zero-order valence-electron chi connectivity index (χ0n) is 12.0. The van der Waals surface area contributed by atoms with Crippen LogP contribution in [-0.2, 0) is 0 Å². The van der Waals surface area contributed by atoms with E-state index >= 15 is 0 Å². The molecule has 0 bridgehead atoms. The lowest BCUT2D eigenvalue weighted by atomic mass is 10.0. The molecule has 21 heavy (non-hydrogen) atoms. The van der Waals surface area contributed by atoms with Crippen molar-refractivity contribution in [3.63, 3.8) is 0 Å². The van der Waals surface area contributed by atoms with E-state index in [-0.39, 0.29) is 0 Å². The summed E-state index contributed by atoms with van der Waals surface area (Å²) >= 11 is 0. The predicted molar refractivity (Wildman–Crippen MR) is 87.8 cm³/mol. The van der Waals surface area contributed by atoms with Gasteiger partial charge in [-0.2, -0.15) is 5.26 Å². The summed E-state index contributed by atoms with van der Waals surface area (Å²) in [5.74, 6) is 0. The number of nitriles is 1. The molecule has 3 aromatic rings. The van der Waals surface area contributed by atoms with Gasteiger partial charge in [0.25, 0.3) is 0 Å². The van der Waals surface area contributed by atoms with E-state index in [1.165, 1.54) is 11.1 Å². The van der Waals surface area contributed by atoms with Crippen LogP contribution in [0.1, 0.15) is 11.1 Å². The summed E-state index contributed by atoms with van der Waals surface area (Å²) in [7, 11) is 0. The third-order valence-electron chi connectivity index (χ3n) is 3.06. The maximum atomic E-state index is 8.65. The van der Waals surface area contributed by atoms with Gasteiger partial charge in [0, 0.05) is 0 Å². The van der Waals surface area contributed by atoms with Crippen molar-refractivity contribution >= 4 is 0 Å². The Morgan fingerprint density at radius 3 is 1.52 bits per heavy atom. The molecule has 0 unspecified atom stereocenters. The van der Waals surface area contributed by atoms with Crippen molar-refractivity contribution in [1.29, 1.82) is 5.26 Å². The van der Waals surface area contributed by atoms with Crippen LogP contribution in [-0.4, -0.2) is 0 Å². The van der Waals surface area contributed by atoms with Gasteiger partial charge in [0.1, 0.15) is 0 Å². The molecule has 0 radical (unpaired) electrons. The highest BCUT2D eigenvalue weighted by atomic mass is 14.2. The van der Waals surface area contributed by atoms with Crippen LogP contribution >= 0.6 is 0 Å². The lowest BCUT2D eigenvalue weighted by molar-refractivity contribution is 1.48. The topological polar surface area (TPSA) is 23.8 Å². The maximum Gasteiger partial charge on any atom is 0.0991 e. The van der Waals surface area contributed by atoms with Gasteiger partial charge in [0.15, 0.2) is 0 Å². The van der Waals surface area contributed by atoms with Crippen LogP contribution in [0, 0.1) is 18.3 Å². The predicted octanol–water partition coefficient (Wildman–Crippen LogP) is 5.22. The molecule has 1 heteroatoms. The van der Waals surface area contributed by atoms with Gasteiger partial charge in [-0.15, -0.1) is 0 Å². The third-order valence-corrected chi connectivity index (χ3v) is 3.06. The molecular weight excluding hydrogens is 254 g/mol. The van der Waals surface area contributed by atoms with Gasteiger partial charge in [0.2, 0.25) is 0 Å². The first-order valence-corrected chi connectivity index (χ1v) is 6.87. The Morgan fingerprint density at radius 1 is 0.619 bits per heavy atom. The van der Waals surface area contributed by atoms with E-state index in [0.29, 0.717) is 5.56 Å². The number of rotatable bonds is 1. The summed E-state index contributed by atoms with van der Waals surface area (Å²) in [6, 6.07) is 30.1. The van der Waals surface area contributed by atoms with E-state index in [2.05, 4.69) is 37.3 Å². The molecule has 0 saturated heterocycles. The molecule has 3 aromatic carbocycles. The van der Waals surface area contributed by atoms with Gasteiger partial charge >= 0.3 is 0 Å². The van der Waals surface area contributed by atoms with Gasteiger partial charge < -0.3 is 0 Å². The van der Waals surface area contributed by atoms with E-state index < -0.39 is 0 Å². The second-order valence-corrected chi connectivity index (χ2v) is 4.71. The lowest BCUT2D eigenvalue weighted by Crippen LogP contribution is -1.77. The van der Waals surface area contributed by atoms with E-state index in [1.54, 1.807) is 0 Å². The minimum Gasteiger partial charge on any atom is -0.192 e. The van der Waals surface area contributed by atoms with E-state index in [9.17, 15) is 0 Å². The lowest BCUT2D eigenvalue weighted by Gasteiger charge is -1.99. The van der Waals surface area contributed by atoms with Gasteiger partial charge in [-0.05, 0) is 30.2 Å². The minimum absolute atomic E-state index is 0.699. The fourth-order valence-corrected chi connectivity index (χ4v) is 1.90. The van der Waals surface area contributed by atoms with Gasteiger partial charge in [-0.3, -0.25) is 0 Å². The average Bonchev–Trinajstić information content (AvgIpc) is 2.57. The van der Waals surface area contributed by atoms with Crippen LogP contribution in [0.4, 0.5) is 0 Å². The van der Waals surface area contributed by atoms with Crippen molar-refractivity contribution in [2.45, 2.75) is 6.92 Å². The molecule has 0 spiro atoms. The number of nitrogens with zero attached hydrogens (tertiary/aromatic N) is 1. The number of aryl methyl sites for hydroxylation is 1. The second kappa shape index (κ2) is 7.67. The molecule has 0 aliphatic carbocycles. The highest BCUT2D eigenvalue weighted by molar-refractivity contribution is 5.63. The first-order chi connectivity index (χ1) is 10.3. The van der Waals surface area contributed by atoms with Crippen molar-refractivity contribution in [2.75, 3.05) is 0 Å². The Hall–Kier alpha value is -2.85. The number of benzene rings is 3. The van der Waals surface area contributed by atoms with Crippen LogP contribution in [0.25, 0.3) is 11.1 Å². The van der Waals surface area contributed by atoms with Crippen molar-refractivity contribution in [2.24, 2.45) is 0 Å². The smallest absolute Gasteiger partial charge is 0.0991 e. The Morgan fingerprint density at radius 2 is 1.10 bits per heavy atom. The van der Waals surface area contributed by atoms with Gasteiger partial charge in [-0.1, -0.05) is 78.4 Å². The molecule has 0 atom stereocenters. The zero-order chi connectivity index (χ0) is 14.9. The first kappa shape index (κ1) is 14.6. The molecule has 0 aliphatic rings. The maximum absolute atomic E-state index is 8.65.